The minimum absolute atomic E-state index is 0.0848. The van der Waals surface area contributed by atoms with Gasteiger partial charge in [-0.05, 0) is 57.4 Å². The lowest BCUT2D eigenvalue weighted by molar-refractivity contribution is 0.246. The van der Waals surface area contributed by atoms with Gasteiger partial charge in [0.15, 0.2) is 0 Å². The highest BCUT2D eigenvalue weighted by Gasteiger charge is 2.27. The molecule has 108 valence electrons. The molecule has 6 heteroatoms. The molecule has 5 nitrogen and oxygen atoms in total. The fourth-order valence-electron chi connectivity index (χ4n) is 1.79. The molecule has 1 aromatic carbocycles. The maximum absolute atomic E-state index is 12.3. The molecule has 0 aliphatic carbocycles. The molecule has 0 aliphatic heterocycles. The quantitative estimate of drug-likeness (QED) is 0.712. The van der Waals surface area contributed by atoms with Gasteiger partial charge in [-0.2, -0.15) is 0 Å². The van der Waals surface area contributed by atoms with Crippen molar-refractivity contribution in [1.29, 1.82) is 0 Å². The number of benzene rings is 1. The van der Waals surface area contributed by atoms with Crippen molar-refractivity contribution in [2.45, 2.75) is 44.6 Å². The fourth-order valence-corrected chi connectivity index (χ4v) is 3.43. The van der Waals surface area contributed by atoms with E-state index in [2.05, 4.69) is 4.72 Å². The molecule has 0 unspecified atom stereocenters. The van der Waals surface area contributed by atoms with Crippen molar-refractivity contribution in [2.75, 3.05) is 12.3 Å². The zero-order valence-corrected chi connectivity index (χ0v) is 12.6. The van der Waals surface area contributed by atoms with Crippen LogP contribution < -0.4 is 10.5 Å². The minimum Gasteiger partial charge on any atom is -0.398 e. The van der Waals surface area contributed by atoms with Crippen molar-refractivity contribution in [1.82, 2.24) is 4.72 Å². The number of aliphatic hydroxyl groups excluding tert-OH is 1. The number of nitrogens with two attached hydrogens (primary N) is 1. The summed E-state index contributed by atoms with van der Waals surface area (Å²) in [5.41, 5.74) is 7.13. The van der Waals surface area contributed by atoms with Crippen molar-refractivity contribution in [3.63, 3.8) is 0 Å². The first-order valence-corrected chi connectivity index (χ1v) is 7.59. The van der Waals surface area contributed by atoms with Gasteiger partial charge in [0.25, 0.3) is 0 Å². The number of hydrogen-bond donors (Lipinski definition) is 3. The van der Waals surface area contributed by atoms with Crippen molar-refractivity contribution in [2.24, 2.45) is 0 Å². The number of nitrogens with one attached hydrogen (secondary N) is 1. The standard InChI is InChI=1S/C13H22N2O3S/c1-9-7-11(14)12(8-10(9)2)19(17,18)15-13(3,4)5-6-16/h7-8,15-16H,5-6,14H2,1-4H3. The Morgan fingerprint density at radius 2 is 1.79 bits per heavy atom. The Bertz CT molecular complexity index is 565. The maximum Gasteiger partial charge on any atom is 0.243 e. The van der Waals surface area contributed by atoms with E-state index in [1.807, 2.05) is 13.8 Å². The SMILES string of the molecule is Cc1cc(N)c(S(=O)(=O)NC(C)(C)CCO)cc1C. The van der Waals surface area contributed by atoms with E-state index in [1.165, 1.54) is 0 Å². The van der Waals surface area contributed by atoms with Crippen LogP contribution >= 0.6 is 0 Å². The summed E-state index contributed by atoms with van der Waals surface area (Å²) in [5.74, 6) is 0. The number of aliphatic hydroxyl groups is 1. The minimum atomic E-state index is -3.70. The lowest BCUT2D eigenvalue weighted by atomic mass is 10.0. The monoisotopic (exact) mass is 286 g/mol. The highest BCUT2D eigenvalue weighted by molar-refractivity contribution is 7.89. The van der Waals surface area contributed by atoms with Crippen LogP contribution in [0.5, 0.6) is 0 Å². The smallest absolute Gasteiger partial charge is 0.243 e. The number of anilines is 1. The van der Waals surface area contributed by atoms with Crippen LogP contribution in [0, 0.1) is 13.8 Å². The van der Waals surface area contributed by atoms with Crippen LogP contribution in [0.3, 0.4) is 0 Å². The van der Waals surface area contributed by atoms with E-state index in [9.17, 15) is 8.42 Å². The van der Waals surface area contributed by atoms with E-state index in [1.54, 1.807) is 26.0 Å². The first kappa shape index (κ1) is 15.9. The first-order valence-electron chi connectivity index (χ1n) is 6.10. The third-order valence-corrected chi connectivity index (χ3v) is 4.82. The second-order valence-electron chi connectivity index (χ2n) is 5.44. The Hall–Kier alpha value is -1.11. The van der Waals surface area contributed by atoms with Gasteiger partial charge in [0.1, 0.15) is 4.90 Å². The molecule has 19 heavy (non-hydrogen) atoms. The van der Waals surface area contributed by atoms with Crippen molar-refractivity contribution in [3.8, 4) is 0 Å². The van der Waals surface area contributed by atoms with Gasteiger partial charge in [0.05, 0.1) is 5.69 Å². The predicted octanol–water partition coefficient (Wildman–Crippen LogP) is 1.32. The number of rotatable bonds is 5. The molecule has 0 atom stereocenters. The lowest BCUT2D eigenvalue weighted by Gasteiger charge is -2.25. The van der Waals surface area contributed by atoms with Crippen molar-refractivity contribution >= 4 is 15.7 Å². The Morgan fingerprint density at radius 1 is 1.26 bits per heavy atom. The Labute approximate surface area is 114 Å². The predicted molar refractivity (Wildman–Crippen MR) is 76.4 cm³/mol. The highest BCUT2D eigenvalue weighted by Crippen LogP contribution is 2.24. The Balaban J connectivity index is 3.18. The third kappa shape index (κ3) is 3.92. The normalized spacial score (nSPS) is 12.7. The summed E-state index contributed by atoms with van der Waals surface area (Å²) in [6, 6.07) is 3.23. The van der Waals surface area contributed by atoms with Gasteiger partial charge in [-0.3, -0.25) is 0 Å². The van der Waals surface area contributed by atoms with Crippen molar-refractivity contribution in [3.05, 3.63) is 23.3 Å². The van der Waals surface area contributed by atoms with E-state index < -0.39 is 15.6 Å². The molecule has 0 bridgehead atoms. The van der Waals surface area contributed by atoms with Crippen LogP contribution in [0.1, 0.15) is 31.4 Å². The van der Waals surface area contributed by atoms with E-state index in [0.29, 0.717) is 6.42 Å². The molecule has 0 amide bonds. The fraction of sp³-hybridized carbons (Fsp3) is 0.538. The summed E-state index contributed by atoms with van der Waals surface area (Å²) < 4.78 is 27.2. The molecule has 0 aliphatic rings. The summed E-state index contributed by atoms with van der Waals surface area (Å²) >= 11 is 0. The number of aryl methyl sites for hydroxylation is 2. The van der Waals surface area contributed by atoms with Gasteiger partial charge in [-0.25, -0.2) is 13.1 Å². The van der Waals surface area contributed by atoms with E-state index >= 15 is 0 Å². The lowest BCUT2D eigenvalue weighted by Crippen LogP contribution is -2.44. The van der Waals surface area contributed by atoms with Crippen LogP contribution in [0.15, 0.2) is 17.0 Å². The summed E-state index contributed by atoms with van der Waals surface area (Å²) in [6.45, 7) is 7.08. The Morgan fingerprint density at radius 3 is 2.32 bits per heavy atom. The highest BCUT2D eigenvalue weighted by atomic mass is 32.2. The molecule has 0 fully saturated rings. The topological polar surface area (TPSA) is 92.4 Å². The summed E-state index contributed by atoms with van der Waals surface area (Å²) in [5, 5.41) is 8.94. The van der Waals surface area contributed by atoms with Crippen LogP contribution in [0.2, 0.25) is 0 Å². The molecule has 0 aromatic heterocycles. The second-order valence-corrected chi connectivity index (χ2v) is 7.09. The van der Waals surface area contributed by atoms with Crippen LogP contribution in [-0.4, -0.2) is 25.7 Å². The van der Waals surface area contributed by atoms with Crippen molar-refractivity contribution < 1.29 is 13.5 Å². The maximum atomic E-state index is 12.3. The zero-order chi connectivity index (χ0) is 14.8. The molecular formula is C13H22N2O3S. The first-order chi connectivity index (χ1) is 8.59. The molecule has 0 heterocycles. The largest absolute Gasteiger partial charge is 0.398 e. The van der Waals surface area contributed by atoms with Crippen LogP contribution in [0.25, 0.3) is 0 Å². The summed E-state index contributed by atoms with van der Waals surface area (Å²) in [6.07, 6.45) is 0.330. The molecule has 4 N–H and O–H groups in total. The molecule has 0 saturated heterocycles. The molecule has 1 rings (SSSR count). The van der Waals surface area contributed by atoms with Gasteiger partial charge in [0, 0.05) is 12.1 Å². The number of sulfonamides is 1. The molecular weight excluding hydrogens is 264 g/mol. The summed E-state index contributed by atoms with van der Waals surface area (Å²) in [4.78, 5) is 0.0848. The average molecular weight is 286 g/mol. The summed E-state index contributed by atoms with van der Waals surface area (Å²) in [7, 11) is -3.70. The van der Waals surface area contributed by atoms with Gasteiger partial charge in [0.2, 0.25) is 10.0 Å². The number of hydrogen-bond acceptors (Lipinski definition) is 4. The third-order valence-electron chi connectivity index (χ3n) is 3.06. The van der Waals surface area contributed by atoms with Gasteiger partial charge < -0.3 is 10.8 Å². The molecule has 0 radical (unpaired) electrons. The number of nitrogen functional groups attached to an aromatic ring is 1. The van der Waals surface area contributed by atoms with Gasteiger partial charge in [-0.15, -0.1) is 0 Å². The van der Waals surface area contributed by atoms with E-state index in [-0.39, 0.29) is 17.2 Å². The van der Waals surface area contributed by atoms with E-state index in [4.69, 9.17) is 10.8 Å². The van der Waals surface area contributed by atoms with Crippen LogP contribution in [-0.2, 0) is 10.0 Å². The van der Waals surface area contributed by atoms with Gasteiger partial charge in [-0.1, -0.05) is 0 Å². The average Bonchev–Trinajstić information content (AvgIpc) is 2.21. The second kappa shape index (κ2) is 5.48. The van der Waals surface area contributed by atoms with E-state index in [0.717, 1.165) is 11.1 Å². The van der Waals surface area contributed by atoms with Gasteiger partial charge >= 0.3 is 0 Å². The molecule has 0 saturated carbocycles. The zero-order valence-electron chi connectivity index (χ0n) is 11.8. The molecule has 0 spiro atoms. The van der Waals surface area contributed by atoms with Crippen LogP contribution in [0.4, 0.5) is 5.69 Å². The Kier molecular flexibility index (Phi) is 4.60. The molecule has 1 aromatic rings.